The Morgan fingerprint density at radius 1 is 0.968 bits per heavy atom. The first-order valence-corrected chi connectivity index (χ1v) is 11.9. The van der Waals surface area contributed by atoms with E-state index in [2.05, 4.69) is 64.1 Å². The first kappa shape index (κ1) is 23.2. The summed E-state index contributed by atoms with van der Waals surface area (Å²) in [5.41, 5.74) is 5.05. The number of hydrogen-bond acceptors (Lipinski definition) is 2. The first-order chi connectivity index (χ1) is 14.9. The van der Waals surface area contributed by atoms with Gasteiger partial charge in [-0.15, -0.1) is 0 Å². The lowest BCUT2D eigenvalue weighted by Crippen LogP contribution is -2.32. The van der Waals surface area contributed by atoms with Gasteiger partial charge in [-0.2, -0.15) is 5.10 Å². The quantitative estimate of drug-likeness (QED) is 0.430. The maximum Gasteiger partial charge on any atom is 0.243 e. The van der Waals surface area contributed by atoms with E-state index < -0.39 is 0 Å². The van der Waals surface area contributed by atoms with Gasteiger partial charge in [0.2, 0.25) is 5.91 Å². The molecule has 0 bridgehead atoms. The van der Waals surface area contributed by atoms with E-state index in [1.54, 1.807) is 5.01 Å². The third-order valence-corrected chi connectivity index (χ3v) is 6.44. The van der Waals surface area contributed by atoms with Crippen molar-refractivity contribution in [2.24, 2.45) is 11.0 Å². The SMILES string of the molecule is CCCCC1=NN(C(=O)CC(C)(C)c2ccccc2)CC1Cc1ccccc1CCC. The minimum absolute atomic E-state index is 0.132. The normalized spacial score (nSPS) is 16.5. The van der Waals surface area contributed by atoms with Crippen LogP contribution in [0.25, 0.3) is 0 Å². The number of unbranched alkanes of at least 4 members (excludes halogenated alkanes) is 1. The molecule has 1 atom stereocenters. The Morgan fingerprint density at radius 2 is 1.65 bits per heavy atom. The summed E-state index contributed by atoms with van der Waals surface area (Å²) in [6.45, 7) is 9.46. The van der Waals surface area contributed by atoms with Crippen LogP contribution in [0.2, 0.25) is 0 Å². The Kier molecular flexibility index (Phi) is 8.06. The largest absolute Gasteiger partial charge is 0.273 e. The summed E-state index contributed by atoms with van der Waals surface area (Å²) in [5, 5.41) is 6.62. The van der Waals surface area contributed by atoms with E-state index in [4.69, 9.17) is 5.10 Å². The van der Waals surface area contributed by atoms with Gasteiger partial charge in [-0.05, 0) is 47.8 Å². The van der Waals surface area contributed by atoms with Crippen molar-refractivity contribution in [3.63, 3.8) is 0 Å². The summed E-state index contributed by atoms with van der Waals surface area (Å²) in [6.07, 6.45) is 6.97. The fourth-order valence-corrected chi connectivity index (χ4v) is 4.54. The van der Waals surface area contributed by atoms with Crippen LogP contribution in [0.3, 0.4) is 0 Å². The molecule has 2 aromatic carbocycles. The van der Waals surface area contributed by atoms with E-state index in [1.807, 2.05) is 18.2 Å². The lowest BCUT2D eigenvalue weighted by atomic mass is 9.81. The Morgan fingerprint density at radius 3 is 2.32 bits per heavy atom. The second-order valence-electron chi connectivity index (χ2n) is 9.52. The Hall–Kier alpha value is -2.42. The number of hydrazone groups is 1. The molecule has 0 radical (unpaired) electrons. The molecule has 0 spiro atoms. The zero-order valence-corrected chi connectivity index (χ0v) is 19.7. The first-order valence-electron chi connectivity index (χ1n) is 11.9. The van der Waals surface area contributed by atoms with Crippen LogP contribution < -0.4 is 0 Å². The van der Waals surface area contributed by atoms with Crippen molar-refractivity contribution in [1.29, 1.82) is 0 Å². The molecule has 0 saturated heterocycles. The number of rotatable bonds is 10. The monoisotopic (exact) mass is 418 g/mol. The van der Waals surface area contributed by atoms with Crippen LogP contribution in [0.15, 0.2) is 59.7 Å². The molecule has 3 rings (SSSR count). The molecule has 1 aliphatic rings. The molecule has 3 heteroatoms. The molecule has 0 saturated carbocycles. The average molecular weight is 419 g/mol. The van der Waals surface area contributed by atoms with Crippen molar-refractivity contribution in [3.05, 3.63) is 71.3 Å². The number of aryl methyl sites for hydroxylation is 1. The Labute approximate surface area is 188 Å². The number of carbonyl (C=O) groups is 1. The zero-order valence-electron chi connectivity index (χ0n) is 19.7. The van der Waals surface area contributed by atoms with Gasteiger partial charge in [-0.25, -0.2) is 5.01 Å². The standard InChI is InChI=1S/C28H38N2O/c1-5-7-18-26-24(19-23-15-12-11-14-22(23)13-6-2)21-30(29-26)27(31)20-28(3,4)25-16-9-8-10-17-25/h8-12,14-17,24H,5-7,13,18-21H2,1-4H3. The van der Waals surface area contributed by atoms with Crippen LogP contribution in [0, 0.1) is 5.92 Å². The Balaban J connectivity index is 1.74. The fraction of sp³-hybridized carbons (Fsp3) is 0.500. The van der Waals surface area contributed by atoms with Gasteiger partial charge in [0.05, 0.1) is 6.54 Å². The molecule has 0 aliphatic carbocycles. The van der Waals surface area contributed by atoms with Gasteiger partial charge in [0, 0.05) is 18.1 Å². The molecule has 1 aliphatic heterocycles. The number of nitrogens with zero attached hydrogens (tertiary/aromatic N) is 2. The summed E-state index contributed by atoms with van der Waals surface area (Å²) in [5.74, 6) is 0.459. The molecule has 1 heterocycles. The van der Waals surface area contributed by atoms with Gasteiger partial charge in [-0.1, -0.05) is 95.1 Å². The van der Waals surface area contributed by atoms with Crippen LogP contribution in [0.4, 0.5) is 0 Å². The molecule has 1 unspecified atom stereocenters. The topological polar surface area (TPSA) is 32.7 Å². The lowest BCUT2D eigenvalue weighted by Gasteiger charge is -2.26. The molecular weight excluding hydrogens is 380 g/mol. The van der Waals surface area contributed by atoms with Crippen LogP contribution in [-0.4, -0.2) is 23.2 Å². The minimum Gasteiger partial charge on any atom is -0.273 e. The van der Waals surface area contributed by atoms with Crippen molar-refractivity contribution in [1.82, 2.24) is 5.01 Å². The second kappa shape index (κ2) is 10.7. The highest BCUT2D eigenvalue weighted by molar-refractivity contribution is 5.91. The smallest absolute Gasteiger partial charge is 0.243 e. The molecule has 166 valence electrons. The van der Waals surface area contributed by atoms with Crippen molar-refractivity contribution < 1.29 is 4.79 Å². The van der Waals surface area contributed by atoms with E-state index >= 15 is 0 Å². The molecule has 31 heavy (non-hydrogen) atoms. The molecule has 0 aromatic heterocycles. The zero-order chi connectivity index (χ0) is 22.3. The van der Waals surface area contributed by atoms with Gasteiger partial charge in [0.15, 0.2) is 0 Å². The van der Waals surface area contributed by atoms with E-state index in [0.717, 1.165) is 38.5 Å². The van der Waals surface area contributed by atoms with Crippen molar-refractivity contribution >= 4 is 11.6 Å². The lowest BCUT2D eigenvalue weighted by molar-refractivity contribution is -0.132. The number of benzene rings is 2. The van der Waals surface area contributed by atoms with Gasteiger partial charge in [0.25, 0.3) is 0 Å². The highest BCUT2D eigenvalue weighted by Crippen LogP contribution is 2.30. The summed E-state index contributed by atoms with van der Waals surface area (Å²) in [4.78, 5) is 13.2. The molecule has 3 nitrogen and oxygen atoms in total. The van der Waals surface area contributed by atoms with Gasteiger partial charge >= 0.3 is 0 Å². The number of amides is 1. The summed E-state index contributed by atoms with van der Waals surface area (Å²) in [6, 6.07) is 19.1. The van der Waals surface area contributed by atoms with Gasteiger partial charge in [0.1, 0.15) is 0 Å². The summed E-state index contributed by atoms with van der Waals surface area (Å²) >= 11 is 0. The third kappa shape index (κ3) is 6.06. The van der Waals surface area contributed by atoms with Crippen LogP contribution in [0.1, 0.15) is 76.5 Å². The van der Waals surface area contributed by atoms with Crippen LogP contribution in [-0.2, 0) is 23.1 Å². The van der Waals surface area contributed by atoms with Crippen LogP contribution >= 0.6 is 0 Å². The molecule has 2 aromatic rings. The van der Waals surface area contributed by atoms with E-state index in [-0.39, 0.29) is 11.3 Å². The molecule has 1 amide bonds. The molecule has 0 fully saturated rings. The van der Waals surface area contributed by atoms with Crippen LogP contribution in [0.5, 0.6) is 0 Å². The highest BCUT2D eigenvalue weighted by atomic mass is 16.2. The van der Waals surface area contributed by atoms with E-state index in [1.165, 1.54) is 22.4 Å². The van der Waals surface area contributed by atoms with Crippen molar-refractivity contribution in [2.45, 2.75) is 78.1 Å². The predicted molar refractivity (Wildman–Crippen MR) is 130 cm³/mol. The van der Waals surface area contributed by atoms with E-state index in [9.17, 15) is 4.79 Å². The maximum absolute atomic E-state index is 13.2. The van der Waals surface area contributed by atoms with Crippen molar-refractivity contribution in [2.75, 3.05) is 6.54 Å². The van der Waals surface area contributed by atoms with Gasteiger partial charge in [-0.3, -0.25) is 4.79 Å². The van der Waals surface area contributed by atoms with E-state index in [0.29, 0.717) is 18.9 Å². The second-order valence-corrected chi connectivity index (χ2v) is 9.52. The fourth-order valence-electron chi connectivity index (χ4n) is 4.54. The predicted octanol–water partition coefficient (Wildman–Crippen LogP) is 6.55. The Bertz CT molecular complexity index is 885. The highest BCUT2D eigenvalue weighted by Gasteiger charge is 2.33. The number of hydrogen-bond donors (Lipinski definition) is 0. The molecular formula is C28H38N2O. The summed E-state index contributed by atoms with van der Waals surface area (Å²) < 4.78 is 0. The average Bonchev–Trinajstić information content (AvgIpc) is 3.17. The number of carbonyl (C=O) groups excluding carboxylic acids is 1. The van der Waals surface area contributed by atoms with Gasteiger partial charge < -0.3 is 0 Å². The van der Waals surface area contributed by atoms with Crippen molar-refractivity contribution in [3.8, 4) is 0 Å². The third-order valence-electron chi connectivity index (χ3n) is 6.44. The molecule has 0 N–H and O–H groups in total. The maximum atomic E-state index is 13.2. The minimum atomic E-state index is -0.205. The summed E-state index contributed by atoms with van der Waals surface area (Å²) in [7, 11) is 0.